The van der Waals surface area contributed by atoms with Crippen LogP contribution in [-0.2, 0) is 6.42 Å². The van der Waals surface area contributed by atoms with Gasteiger partial charge in [0.15, 0.2) is 0 Å². The monoisotopic (exact) mass is 254 g/mol. The molecule has 19 heavy (non-hydrogen) atoms. The molecule has 1 N–H and O–H groups in total. The van der Waals surface area contributed by atoms with Crippen molar-refractivity contribution < 1.29 is 4.79 Å². The van der Waals surface area contributed by atoms with Gasteiger partial charge in [-0.2, -0.15) is 0 Å². The zero-order valence-electron chi connectivity index (χ0n) is 11.3. The standard InChI is InChI=1S/C16H18N2O/c1-12-6-5-7-13(2)15(12)16(19)18-11-9-14-8-3-4-10-17-14/h3-8,10H,9,11H2,1-2H3,(H,18,19). The van der Waals surface area contributed by atoms with Gasteiger partial charge in [0.05, 0.1) is 0 Å². The van der Waals surface area contributed by atoms with E-state index in [2.05, 4.69) is 10.3 Å². The fourth-order valence-corrected chi connectivity index (χ4v) is 2.11. The third-order valence-electron chi connectivity index (χ3n) is 3.10. The average molecular weight is 254 g/mol. The van der Waals surface area contributed by atoms with Crippen LogP contribution in [0.25, 0.3) is 0 Å². The molecule has 1 amide bonds. The van der Waals surface area contributed by atoms with Gasteiger partial charge < -0.3 is 5.32 Å². The molecule has 1 aromatic carbocycles. The summed E-state index contributed by atoms with van der Waals surface area (Å²) in [4.78, 5) is 16.4. The summed E-state index contributed by atoms with van der Waals surface area (Å²) in [5.41, 5.74) is 3.79. The molecular weight excluding hydrogens is 236 g/mol. The van der Waals surface area contributed by atoms with Gasteiger partial charge in [-0.1, -0.05) is 24.3 Å². The van der Waals surface area contributed by atoms with E-state index in [9.17, 15) is 4.79 Å². The lowest BCUT2D eigenvalue weighted by Crippen LogP contribution is -2.27. The van der Waals surface area contributed by atoms with Gasteiger partial charge in [-0.15, -0.1) is 0 Å². The van der Waals surface area contributed by atoms with Crippen molar-refractivity contribution in [3.05, 3.63) is 65.0 Å². The highest BCUT2D eigenvalue weighted by Crippen LogP contribution is 2.12. The number of hydrogen-bond donors (Lipinski definition) is 1. The van der Waals surface area contributed by atoms with Crippen LogP contribution in [0.15, 0.2) is 42.6 Å². The number of nitrogens with zero attached hydrogens (tertiary/aromatic N) is 1. The van der Waals surface area contributed by atoms with E-state index in [0.717, 1.165) is 28.8 Å². The largest absolute Gasteiger partial charge is 0.352 e. The van der Waals surface area contributed by atoms with E-state index in [0.29, 0.717) is 6.54 Å². The first-order valence-corrected chi connectivity index (χ1v) is 6.43. The maximum Gasteiger partial charge on any atom is 0.251 e. The summed E-state index contributed by atoms with van der Waals surface area (Å²) < 4.78 is 0. The minimum atomic E-state index is -0.00784. The molecule has 1 aromatic heterocycles. The van der Waals surface area contributed by atoms with Crippen molar-refractivity contribution in [2.45, 2.75) is 20.3 Å². The Kier molecular flexibility index (Phi) is 4.29. The molecule has 0 unspecified atom stereocenters. The van der Waals surface area contributed by atoms with Crippen molar-refractivity contribution in [3.8, 4) is 0 Å². The number of aromatic nitrogens is 1. The number of carbonyl (C=O) groups excluding carboxylic acids is 1. The third-order valence-corrected chi connectivity index (χ3v) is 3.10. The molecule has 1 heterocycles. The Morgan fingerprint density at radius 1 is 1.11 bits per heavy atom. The van der Waals surface area contributed by atoms with E-state index >= 15 is 0 Å². The van der Waals surface area contributed by atoms with Crippen molar-refractivity contribution in [1.29, 1.82) is 0 Å². The van der Waals surface area contributed by atoms with Gasteiger partial charge in [-0.3, -0.25) is 9.78 Å². The molecule has 0 aliphatic rings. The molecule has 0 radical (unpaired) electrons. The van der Waals surface area contributed by atoms with Crippen LogP contribution in [0.4, 0.5) is 0 Å². The van der Waals surface area contributed by atoms with E-state index in [-0.39, 0.29) is 5.91 Å². The van der Waals surface area contributed by atoms with Gasteiger partial charge in [-0.25, -0.2) is 0 Å². The number of benzene rings is 1. The number of rotatable bonds is 4. The van der Waals surface area contributed by atoms with Crippen LogP contribution in [0.3, 0.4) is 0 Å². The first kappa shape index (κ1) is 13.3. The van der Waals surface area contributed by atoms with Gasteiger partial charge in [0.1, 0.15) is 0 Å². The predicted octanol–water partition coefficient (Wildman–Crippen LogP) is 2.67. The Balaban J connectivity index is 1.95. The molecule has 3 heteroatoms. The Labute approximate surface area is 113 Å². The topological polar surface area (TPSA) is 42.0 Å². The van der Waals surface area contributed by atoms with E-state index in [4.69, 9.17) is 0 Å². The second-order valence-corrected chi connectivity index (χ2v) is 4.59. The average Bonchev–Trinajstić information content (AvgIpc) is 2.40. The molecular formula is C16H18N2O. The highest BCUT2D eigenvalue weighted by atomic mass is 16.1. The molecule has 0 atom stereocenters. The van der Waals surface area contributed by atoms with Crippen LogP contribution in [-0.4, -0.2) is 17.4 Å². The van der Waals surface area contributed by atoms with Crippen LogP contribution in [0, 0.1) is 13.8 Å². The van der Waals surface area contributed by atoms with Crippen LogP contribution in [0.5, 0.6) is 0 Å². The third kappa shape index (κ3) is 3.41. The van der Waals surface area contributed by atoms with Crippen molar-refractivity contribution in [2.75, 3.05) is 6.54 Å². The van der Waals surface area contributed by atoms with E-state index in [1.54, 1.807) is 6.20 Å². The number of pyridine rings is 1. The first-order chi connectivity index (χ1) is 9.18. The molecule has 98 valence electrons. The Hall–Kier alpha value is -2.16. The summed E-state index contributed by atoms with van der Waals surface area (Å²) in [6.45, 7) is 4.52. The maximum atomic E-state index is 12.1. The number of hydrogen-bond acceptors (Lipinski definition) is 2. The number of carbonyl (C=O) groups is 1. The van der Waals surface area contributed by atoms with Gasteiger partial charge in [0, 0.05) is 30.4 Å². The molecule has 0 fully saturated rings. The fraction of sp³-hybridized carbons (Fsp3) is 0.250. The zero-order valence-corrected chi connectivity index (χ0v) is 11.3. The van der Waals surface area contributed by atoms with Gasteiger partial charge >= 0.3 is 0 Å². The predicted molar refractivity (Wildman–Crippen MR) is 76.2 cm³/mol. The van der Waals surface area contributed by atoms with Crippen molar-refractivity contribution in [2.24, 2.45) is 0 Å². The summed E-state index contributed by atoms with van der Waals surface area (Å²) in [5.74, 6) is -0.00784. The molecule has 3 nitrogen and oxygen atoms in total. The molecule has 0 bridgehead atoms. The van der Waals surface area contributed by atoms with Gasteiger partial charge in [0.25, 0.3) is 5.91 Å². The molecule has 0 aliphatic heterocycles. The Morgan fingerprint density at radius 2 is 1.84 bits per heavy atom. The summed E-state index contributed by atoms with van der Waals surface area (Å²) in [6.07, 6.45) is 2.51. The number of aryl methyl sites for hydroxylation is 2. The van der Waals surface area contributed by atoms with Crippen LogP contribution in [0.1, 0.15) is 27.2 Å². The quantitative estimate of drug-likeness (QED) is 0.911. The SMILES string of the molecule is Cc1cccc(C)c1C(=O)NCCc1ccccn1. The normalized spacial score (nSPS) is 10.2. The minimum Gasteiger partial charge on any atom is -0.352 e. The van der Waals surface area contributed by atoms with Gasteiger partial charge in [-0.05, 0) is 37.1 Å². The number of amides is 1. The number of nitrogens with one attached hydrogen (secondary N) is 1. The minimum absolute atomic E-state index is 0.00784. The summed E-state index contributed by atoms with van der Waals surface area (Å²) >= 11 is 0. The molecule has 0 spiro atoms. The first-order valence-electron chi connectivity index (χ1n) is 6.43. The lowest BCUT2D eigenvalue weighted by Gasteiger charge is -2.10. The highest BCUT2D eigenvalue weighted by Gasteiger charge is 2.10. The lowest BCUT2D eigenvalue weighted by atomic mass is 10.0. The second-order valence-electron chi connectivity index (χ2n) is 4.59. The lowest BCUT2D eigenvalue weighted by molar-refractivity contribution is 0.0953. The molecule has 0 aliphatic carbocycles. The van der Waals surface area contributed by atoms with Crippen LogP contribution < -0.4 is 5.32 Å². The maximum absolute atomic E-state index is 12.1. The molecule has 0 saturated carbocycles. The van der Waals surface area contributed by atoms with Crippen molar-refractivity contribution in [1.82, 2.24) is 10.3 Å². The van der Waals surface area contributed by atoms with Crippen molar-refractivity contribution in [3.63, 3.8) is 0 Å². The smallest absolute Gasteiger partial charge is 0.251 e. The van der Waals surface area contributed by atoms with E-state index in [1.807, 2.05) is 50.2 Å². The van der Waals surface area contributed by atoms with Crippen LogP contribution >= 0.6 is 0 Å². The van der Waals surface area contributed by atoms with E-state index in [1.165, 1.54) is 0 Å². The zero-order chi connectivity index (χ0) is 13.7. The molecule has 2 rings (SSSR count). The molecule has 2 aromatic rings. The summed E-state index contributed by atoms with van der Waals surface area (Å²) in [7, 11) is 0. The summed E-state index contributed by atoms with van der Waals surface area (Å²) in [6, 6.07) is 11.7. The highest BCUT2D eigenvalue weighted by molar-refractivity contribution is 5.97. The summed E-state index contributed by atoms with van der Waals surface area (Å²) in [5, 5.41) is 2.95. The second kappa shape index (κ2) is 6.14. The van der Waals surface area contributed by atoms with Crippen molar-refractivity contribution >= 4 is 5.91 Å². The van der Waals surface area contributed by atoms with Gasteiger partial charge in [0.2, 0.25) is 0 Å². The van der Waals surface area contributed by atoms with Crippen LogP contribution in [0.2, 0.25) is 0 Å². The Morgan fingerprint density at radius 3 is 2.47 bits per heavy atom. The molecule has 0 saturated heterocycles. The van der Waals surface area contributed by atoms with E-state index < -0.39 is 0 Å². The fourth-order valence-electron chi connectivity index (χ4n) is 2.11. The Bertz CT molecular complexity index is 544.